The Morgan fingerprint density at radius 1 is 1.39 bits per heavy atom. The maximum absolute atomic E-state index is 13.4. The van der Waals surface area contributed by atoms with E-state index in [9.17, 15) is 8.78 Å². The van der Waals surface area contributed by atoms with Crippen molar-refractivity contribution >= 4 is 0 Å². The summed E-state index contributed by atoms with van der Waals surface area (Å²) in [7, 11) is 0. The lowest BCUT2D eigenvalue weighted by Crippen LogP contribution is -2.20. The third kappa shape index (κ3) is 3.95. The number of ether oxygens (including phenoxy) is 1. The molecular formula is C14H19F2NO. The van der Waals surface area contributed by atoms with Gasteiger partial charge in [0, 0.05) is 6.04 Å². The van der Waals surface area contributed by atoms with E-state index in [1.54, 1.807) is 0 Å². The Bertz CT molecular complexity index is 393. The quantitative estimate of drug-likeness (QED) is 0.755. The van der Waals surface area contributed by atoms with Crippen LogP contribution in [0.15, 0.2) is 18.2 Å². The molecule has 1 aliphatic rings. The Kier molecular flexibility index (Phi) is 4.53. The van der Waals surface area contributed by atoms with Crippen molar-refractivity contribution in [2.24, 2.45) is 0 Å². The van der Waals surface area contributed by atoms with Crippen LogP contribution in [0.25, 0.3) is 0 Å². The monoisotopic (exact) mass is 255 g/mol. The maximum Gasteiger partial charge on any atom is 0.200 e. The topological polar surface area (TPSA) is 21.3 Å². The molecule has 2 rings (SSSR count). The number of hydrogen-bond donors (Lipinski definition) is 1. The molecule has 0 heterocycles. The Morgan fingerprint density at radius 3 is 2.89 bits per heavy atom. The smallest absolute Gasteiger partial charge is 0.200 e. The highest BCUT2D eigenvalue weighted by atomic mass is 19.2. The third-order valence-electron chi connectivity index (χ3n) is 3.04. The molecule has 18 heavy (non-hydrogen) atoms. The molecule has 1 aromatic carbocycles. The highest BCUT2D eigenvalue weighted by Gasteiger charge is 2.19. The van der Waals surface area contributed by atoms with Gasteiger partial charge in [0.15, 0.2) is 11.6 Å². The summed E-state index contributed by atoms with van der Waals surface area (Å²) in [5.74, 6) is -1.77. The van der Waals surface area contributed by atoms with E-state index >= 15 is 0 Å². The zero-order valence-electron chi connectivity index (χ0n) is 10.6. The fraction of sp³-hybridized carbons (Fsp3) is 0.571. The summed E-state index contributed by atoms with van der Waals surface area (Å²) in [4.78, 5) is 0. The van der Waals surface area contributed by atoms with Gasteiger partial charge in [0.25, 0.3) is 0 Å². The van der Waals surface area contributed by atoms with E-state index in [1.165, 1.54) is 25.0 Å². The number of nitrogens with one attached hydrogen (secondary N) is 1. The van der Waals surface area contributed by atoms with Crippen molar-refractivity contribution in [2.75, 3.05) is 6.54 Å². The van der Waals surface area contributed by atoms with E-state index in [4.69, 9.17) is 4.74 Å². The van der Waals surface area contributed by atoms with Gasteiger partial charge in [-0.25, -0.2) is 4.39 Å². The van der Waals surface area contributed by atoms with Gasteiger partial charge < -0.3 is 10.1 Å². The van der Waals surface area contributed by atoms with Crippen LogP contribution in [-0.2, 0) is 0 Å². The van der Waals surface area contributed by atoms with Crippen molar-refractivity contribution in [3.8, 4) is 5.75 Å². The zero-order chi connectivity index (χ0) is 13.0. The molecule has 0 saturated heterocycles. The van der Waals surface area contributed by atoms with Crippen LogP contribution in [0.1, 0.15) is 32.6 Å². The van der Waals surface area contributed by atoms with Crippen LogP contribution < -0.4 is 10.1 Å². The van der Waals surface area contributed by atoms with E-state index in [1.807, 2.05) is 6.92 Å². The average molecular weight is 255 g/mol. The molecule has 0 radical (unpaired) electrons. The molecule has 0 aromatic heterocycles. The van der Waals surface area contributed by atoms with Gasteiger partial charge in [-0.15, -0.1) is 0 Å². The molecular weight excluding hydrogens is 236 g/mol. The van der Waals surface area contributed by atoms with Crippen molar-refractivity contribution in [3.05, 3.63) is 29.8 Å². The molecule has 0 aliphatic heterocycles. The summed E-state index contributed by atoms with van der Waals surface area (Å²) in [5.41, 5.74) is 0. The van der Waals surface area contributed by atoms with E-state index < -0.39 is 11.6 Å². The Balaban J connectivity index is 1.71. The van der Waals surface area contributed by atoms with E-state index in [-0.39, 0.29) is 11.9 Å². The van der Waals surface area contributed by atoms with Crippen LogP contribution in [0.3, 0.4) is 0 Å². The Hall–Kier alpha value is -1.16. The van der Waals surface area contributed by atoms with E-state index in [0.29, 0.717) is 6.04 Å². The lowest BCUT2D eigenvalue weighted by molar-refractivity contribution is 0.196. The molecule has 1 N–H and O–H groups in total. The predicted octanol–water partition coefficient (Wildman–Crippen LogP) is 3.26. The summed E-state index contributed by atoms with van der Waals surface area (Å²) < 4.78 is 31.7. The summed E-state index contributed by atoms with van der Waals surface area (Å²) in [6.07, 6.45) is 4.26. The first-order chi connectivity index (χ1) is 8.66. The summed E-state index contributed by atoms with van der Waals surface area (Å²) in [6.45, 7) is 2.84. The molecule has 1 unspecified atom stereocenters. The van der Waals surface area contributed by atoms with Gasteiger partial charge in [-0.3, -0.25) is 0 Å². The molecule has 0 bridgehead atoms. The van der Waals surface area contributed by atoms with Crippen LogP contribution in [0.5, 0.6) is 5.75 Å². The minimum absolute atomic E-state index is 0.00217. The minimum Gasteiger partial charge on any atom is -0.488 e. The molecule has 0 spiro atoms. The average Bonchev–Trinajstić information content (AvgIpc) is 3.15. The maximum atomic E-state index is 13.4. The van der Waals surface area contributed by atoms with Crippen LogP contribution in [0.4, 0.5) is 8.78 Å². The molecule has 1 atom stereocenters. The summed E-state index contributed by atoms with van der Waals surface area (Å²) in [5, 5.41) is 3.41. The Labute approximate surface area is 106 Å². The molecule has 1 fully saturated rings. The fourth-order valence-corrected chi connectivity index (χ4v) is 1.83. The van der Waals surface area contributed by atoms with Crippen molar-refractivity contribution in [1.29, 1.82) is 0 Å². The lowest BCUT2D eigenvalue weighted by Gasteiger charge is -2.15. The first-order valence-corrected chi connectivity index (χ1v) is 6.51. The second-order valence-corrected chi connectivity index (χ2v) is 4.85. The normalized spacial score (nSPS) is 16.6. The second-order valence-electron chi connectivity index (χ2n) is 4.85. The third-order valence-corrected chi connectivity index (χ3v) is 3.04. The van der Waals surface area contributed by atoms with Gasteiger partial charge in [0.2, 0.25) is 5.82 Å². The van der Waals surface area contributed by atoms with Crippen molar-refractivity contribution in [1.82, 2.24) is 5.32 Å². The number of halogens is 2. The first-order valence-electron chi connectivity index (χ1n) is 6.51. The fourth-order valence-electron chi connectivity index (χ4n) is 1.83. The van der Waals surface area contributed by atoms with Crippen LogP contribution in [0.2, 0.25) is 0 Å². The summed E-state index contributed by atoms with van der Waals surface area (Å²) in [6, 6.07) is 4.71. The van der Waals surface area contributed by atoms with Crippen LogP contribution in [-0.4, -0.2) is 18.7 Å². The number of rotatable bonds is 7. The summed E-state index contributed by atoms with van der Waals surface area (Å²) >= 11 is 0. The van der Waals surface area contributed by atoms with Gasteiger partial charge in [-0.05, 0) is 51.3 Å². The Morgan fingerprint density at radius 2 is 2.17 bits per heavy atom. The molecule has 4 heteroatoms. The van der Waals surface area contributed by atoms with Crippen molar-refractivity contribution in [3.63, 3.8) is 0 Å². The predicted molar refractivity (Wildman–Crippen MR) is 66.7 cm³/mol. The van der Waals surface area contributed by atoms with Gasteiger partial charge in [-0.1, -0.05) is 6.07 Å². The van der Waals surface area contributed by atoms with Crippen LogP contribution in [0, 0.1) is 11.6 Å². The van der Waals surface area contributed by atoms with Crippen LogP contribution >= 0.6 is 0 Å². The lowest BCUT2D eigenvalue weighted by atomic mass is 10.2. The number of hydrogen-bond acceptors (Lipinski definition) is 2. The van der Waals surface area contributed by atoms with Gasteiger partial charge in [0.1, 0.15) is 0 Å². The molecule has 0 amide bonds. The molecule has 2 nitrogen and oxygen atoms in total. The van der Waals surface area contributed by atoms with Gasteiger partial charge >= 0.3 is 0 Å². The standard InChI is InChI=1S/C14H19F2NO/c1-10(4-3-9-17-11-7-8-11)18-13-6-2-5-12(15)14(13)16/h2,5-6,10-11,17H,3-4,7-9H2,1H3. The minimum atomic E-state index is -0.902. The molecule has 1 aliphatic carbocycles. The van der Waals surface area contributed by atoms with E-state index in [2.05, 4.69) is 5.32 Å². The highest BCUT2D eigenvalue weighted by molar-refractivity contribution is 5.25. The van der Waals surface area contributed by atoms with E-state index in [0.717, 1.165) is 25.5 Å². The first kappa shape index (κ1) is 13.3. The van der Waals surface area contributed by atoms with Crippen molar-refractivity contribution < 1.29 is 13.5 Å². The largest absolute Gasteiger partial charge is 0.488 e. The SMILES string of the molecule is CC(CCCNC1CC1)Oc1cccc(F)c1F. The highest BCUT2D eigenvalue weighted by Crippen LogP contribution is 2.21. The zero-order valence-corrected chi connectivity index (χ0v) is 10.6. The van der Waals surface area contributed by atoms with Gasteiger partial charge in [-0.2, -0.15) is 4.39 Å². The second kappa shape index (κ2) is 6.14. The molecule has 100 valence electrons. The van der Waals surface area contributed by atoms with Crippen molar-refractivity contribution in [2.45, 2.75) is 44.8 Å². The molecule has 1 saturated carbocycles. The molecule has 1 aromatic rings. The number of benzene rings is 1. The van der Waals surface area contributed by atoms with Gasteiger partial charge in [0.05, 0.1) is 6.10 Å².